The highest BCUT2D eigenvalue weighted by molar-refractivity contribution is 6.09. The Bertz CT molecular complexity index is 1110. The van der Waals surface area contributed by atoms with E-state index in [4.69, 9.17) is 0 Å². The van der Waals surface area contributed by atoms with Crippen molar-refractivity contribution in [2.75, 3.05) is 5.32 Å². The van der Waals surface area contributed by atoms with Gasteiger partial charge in [0, 0.05) is 42.6 Å². The van der Waals surface area contributed by atoms with Crippen molar-refractivity contribution >= 4 is 17.7 Å². The van der Waals surface area contributed by atoms with Crippen LogP contribution >= 0.6 is 0 Å². The summed E-state index contributed by atoms with van der Waals surface area (Å²) in [6.07, 6.45) is 6.41. The van der Waals surface area contributed by atoms with Crippen LogP contribution in [0.4, 0.5) is 5.69 Å². The molecule has 0 saturated heterocycles. The standard InChI is InChI=1S/C24H27N5O/c1-5-11-29-17(2)13-21(18(29)3)14-22(15-25)24(30)27-23-8-6-20(7-9-23)16-28-12-10-26-19(28)4/h6-10,12-14H,5,11,16H2,1-4H3,(H,27,30)/b22-14-. The van der Waals surface area contributed by atoms with Crippen molar-refractivity contribution in [2.24, 2.45) is 0 Å². The number of benzene rings is 1. The van der Waals surface area contributed by atoms with Crippen LogP contribution in [0.2, 0.25) is 0 Å². The van der Waals surface area contributed by atoms with Gasteiger partial charge in [-0.25, -0.2) is 4.98 Å². The van der Waals surface area contributed by atoms with E-state index in [1.807, 2.05) is 63.4 Å². The van der Waals surface area contributed by atoms with E-state index in [1.54, 1.807) is 12.3 Å². The predicted octanol–water partition coefficient (Wildman–Crippen LogP) is 4.61. The second-order valence-electron chi connectivity index (χ2n) is 7.40. The zero-order valence-corrected chi connectivity index (χ0v) is 17.9. The molecule has 2 aromatic heterocycles. The first-order valence-electron chi connectivity index (χ1n) is 10.1. The van der Waals surface area contributed by atoms with Gasteiger partial charge < -0.3 is 14.5 Å². The van der Waals surface area contributed by atoms with Gasteiger partial charge in [-0.1, -0.05) is 19.1 Å². The van der Waals surface area contributed by atoms with Crippen LogP contribution in [0.3, 0.4) is 0 Å². The minimum atomic E-state index is -0.406. The van der Waals surface area contributed by atoms with Gasteiger partial charge in [0.2, 0.25) is 0 Å². The quantitative estimate of drug-likeness (QED) is 0.464. The molecule has 30 heavy (non-hydrogen) atoms. The number of imidazole rings is 1. The Morgan fingerprint density at radius 3 is 2.57 bits per heavy atom. The number of rotatable bonds is 7. The maximum Gasteiger partial charge on any atom is 0.266 e. The van der Waals surface area contributed by atoms with Gasteiger partial charge in [0.15, 0.2) is 0 Å². The van der Waals surface area contributed by atoms with Gasteiger partial charge in [-0.3, -0.25) is 4.79 Å². The first kappa shape index (κ1) is 21.1. The second kappa shape index (κ2) is 9.27. The van der Waals surface area contributed by atoms with Crippen LogP contribution in [-0.2, 0) is 17.9 Å². The van der Waals surface area contributed by atoms with Crippen LogP contribution in [0.25, 0.3) is 6.08 Å². The number of hydrogen-bond acceptors (Lipinski definition) is 3. The van der Waals surface area contributed by atoms with Gasteiger partial charge in [0.05, 0.1) is 0 Å². The molecule has 0 unspecified atom stereocenters. The Kier molecular flexibility index (Phi) is 6.53. The molecule has 0 bridgehead atoms. The van der Waals surface area contributed by atoms with Crippen LogP contribution in [-0.4, -0.2) is 20.0 Å². The first-order valence-corrected chi connectivity index (χ1v) is 10.1. The van der Waals surface area contributed by atoms with Crippen LogP contribution in [0.1, 0.15) is 41.7 Å². The lowest BCUT2D eigenvalue weighted by Gasteiger charge is -2.08. The molecule has 0 aliphatic rings. The molecule has 1 N–H and O–H groups in total. The number of anilines is 1. The van der Waals surface area contributed by atoms with Gasteiger partial charge in [-0.2, -0.15) is 5.26 Å². The molecule has 3 aromatic rings. The molecule has 0 fully saturated rings. The van der Waals surface area contributed by atoms with Gasteiger partial charge in [0.1, 0.15) is 17.5 Å². The second-order valence-corrected chi connectivity index (χ2v) is 7.40. The first-order chi connectivity index (χ1) is 14.4. The van der Waals surface area contributed by atoms with Gasteiger partial charge in [0.25, 0.3) is 5.91 Å². The Balaban J connectivity index is 1.72. The van der Waals surface area contributed by atoms with E-state index in [1.165, 1.54) is 0 Å². The third-order valence-electron chi connectivity index (χ3n) is 5.21. The maximum atomic E-state index is 12.6. The fourth-order valence-electron chi connectivity index (χ4n) is 3.51. The number of nitriles is 1. The molecule has 2 heterocycles. The summed E-state index contributed by atoms with van der Waals surface area (Å²) in [5, 5.41) is 12.3. The smallest absolute Gasteiger partial charge is 0.266 e. The summed E-state index contributed by atoms with van der Waals surface area (Å²) in [6, 6.07) is 11.7. The monoisotopic (exact) mass is 401 g/mol. The van der Waals surface area contributed by atoms with Crippen molar-refractivity contribution in [2.45, 2.75) is 47.2 Å². The third-order valence-corrected chi connectivity index (χ3v) is 5.21. The van der Waals surface area contributed by atoms with Crippen LogP contribution in [0.5, 0.6) is 0 Å². The lowest BCUT2D eigenvalue weighted by molar-refractivity contribution is -0.112. The summed E-state index contributed by atoms with van der Waals surface area (Å²) in [4.78, 5) is 16.9. The average Bonchev–Trinajstić information content (AvgIpc) is 3.25. The van der Waals surface area contributed by atoms with E-state index in [2.05, 4.69) is 26.4 Å². The van der Waals surface area contributed by atoms with Crippen molar-refractivity contribution < 1.29 is 4.79 Å². The molecular formula is C24H27N5O. The summed E-state index contributed by atoms with van der Waals surface area (Å²) in [5.41, 5.74) is 4.94. The highest BCUT2D eigenvalue weighted by atomic mass is 16.1. The van der Waals surface area contributed by atoms with E-state index < -0.39 is 5.91 Å². The molecule has 0 aliphatic heterocycles. The summed E-state index contributed by atoms with van der Waals surface area (Å²) in [6.45, 7) is 9.79. The van der Waals surface area contributed by atoms with E-state index in [-0.39, 0.29) is 5.57 Å². The third kappa shape index (κ3) is 4.69. The minimum Gasteiger partial charge on any atom is -0.349 e. The molecule has 154 valence electrons. The van der Waals surface area contributed by atoms with E-state index in [0.29, 0.717) is 5.69 Å². The Morgan fingerprint density at radius 2 is 1.97 bits per heavy atom. The molecule has 3 rings (SSSR count). The molecule has 0 aliphatic carbocycles. The van der Waals surface area contributed by atoms with E-state index in [0.717, 1.165) is 47.8 Å². The summed E-state index contributed by atoms with van der Waals surface area (Å²) in [5.74, 6) is 0.547. The van der Waals surface area contributed by atoms with Crippen molar-refractivity contribution in [3.63, 3.8) is 0 Å². The predicted molar refractivity (Wildman–Crippen MR) is 119 cm³/mol. The minimum absolute atomic E-state index is 0.0878. The van der Waals surface area contributed by atoms with E-state index >= 15 is 0 Å². The summed E-state index contributed by atoms with van der Waals surface area (Å²) >= 11 is 0. The van der Waals surface area contributed by atoms with Crippen molar-refractivity contribution in [3.05, 3.63) is 76.6 Å². The van der Waals surface area contributed by atoms with Crippen molar-refractivity contribution in [1.29, 1.82) is 5.26 Å². The lowest BCUT2D eigenvalue weighted by Crippen LogP contribution is -2.13. The number of nitrogens with zero attached hydrogens (tertiary/aromatic N) is 4. The number of nitrogens with one attached hydrogen (secondary N) is 1. The van der Waals surface area contributed by atoms with Gasteiger partial charge >= 0.3 is 0 Å². The fourth-order valence-corrected chi connectivity index (χ4v) is 3.51. The molecule has 6 heteroatoms. The highest BCUT2D eigenvalue weighted by Gasteiger charge is 2.13. The topological polar surface area (TPSA) is 75.6 Å². The SMILES string of the molecule is CCCn1c(C)cc(/C=C(/C#N)C(=O)Nc2ccc(Cn3ccnc3C)cc2)c1C. The Labute approximate surface area is 177 Å². The van der Waals surface area contributed by atoms with Gasteiger partial charge in [-0.05, 0) is 62.6 Å². The van der Waals surface area contributed by atoms with Crippen molar-refractivity contribution in [1.82, 2.24) is 14.1 Å². The largest absolute Gasteiger partial charge is 0.349 e. The summed E-state index contributed by atoms with van der Waals surface area (Å²) < 4.78 is 4.26. The zero-order valence-electron chi connectivity index (χ0n) is 17.9. The normalized spacial score (nSPS) is 11.4. The van der Waals surface area contributed by atoms with Crippen molar-refractivity contribution in [3.8, 4) is 6.07 Å². The number of aryl methyl sites for hydroxylation is 2. The Hall–Kier alpha value is -3.59. The summed E-state index contributed by atoms with van der Waals surface area (Å²) in [7, 11) is 0. The average molecular weight is 402 g/mol. The molecule has 1 amide bonds. The van der Waals surface area contributed by atoms with Gasteiger partial charge in [-0.15, -0.1) is 0 Å². The highest BCUT2D eigenvalue weighted by Crippen LogP contribution is 2.20. The molecule has 0 spiro atoms. The fraction of sp³-hybridized carbons (Fsp3) is 0.292. The lowest BCUT2D eigenvalue weighted by atomic mass is 10.1. The molecule has 0 atom stereocenters. The van der Waals surface area contributed by atoms with Crippen LogP contribution in [0.15, 0.2) is 48.3 Å². The molecular weight excluding hydrogens is 374 g/mol. The number of hydrogen-bond donors (Lipinski definition) is 1. The molecule has 6 nitrogen and oxygen atoms in total. The molecule has 1 aromatic carbocycles. The van der Waals surface area contributed by atoms with E-state index in [9.17, 15) is 10.1 Å². The number of carbonyl (C=O) groups is 1. The zero-order chi connectivity index (χ0) is 21.7. The molecule has 0 radical (unpaired) electrons. The molecule has 0 saturated carbocycles. The number of amides is 1. The number of aromatic nitrogens is 3. The van der Waals surface area contributed by atoms with Crippen LogP contribution in [0, 0.1) is 32.1 Å². The number of carbonyl (C=O) groups excluding carboxylic acids is 1. The Morgan fingerprint density at radius 1 is 1.23 bits per heavy atom. The maximum absolute atomic E-state index is 12.6. The van der Waals surface area contributed by atoms with Crippen LogP contribution < -0.4 is 5.32 Å².